The Morgan fingerprint density at radius 1 is 1.23 bits per heavy atom. The number of amides is 2. The Labute approximate surface area is 155 Å². The van der Waals surface area contributed by atoms with Gasteiger partial charge in [0.15, 0.2) is 0 Å². The molecule has 26 heavy (non-hydrogen) atoms. The van der Waals surface area contributed by atoms with E-state index in [0.717, 1.165) is 62.1 Å². The number of fused-ring (bicyclic) bond motifs is 1. The van der Waals surface area contributed by atoms with E-state index in [1.807, 2.05) is 17.9 Å². The average molecular weight is 358 g/mol. The van der Waals surface area contributed by atoms with Crippen LogP contribution in [-0.4, -0.2) is 59.1 Å². The Kier molecular flexibility index (Phi) is 5.29. The molecule has 0 bridgehead atoms. The van der Waals surface area contributed by atoms with Crippen molar-refractivity contribution in [3.05, 3.63) is 23.4 Å². The molecule has 0 unspecified atom stereocenters. The second kappa shape index (κ2) is 7.82. The summed E-state index contributed by atoms with van der Waals surface area (Å²) in [5.74, 6) is 0.748. The number of piperidine rings is 1. The first-order chi connectivity index (χ1) is 12.7. The van der Waals surface area contributed by atoms with E-state index in [2.05, 4.69) is 16.3 Å². The van der Waals surface area contributed by atoms with Gasteiger partial charge in [0.25, 0.3) is 0 Å². The molecule has 2 amide bonds. The molecule has 1 aromatic rings. The van der Waals surface area contributed by atoms with Crippen LogP contribution in [0.5, 0.6) is 5.88 Å². The van der Waals surface area contributed by atoms with E-state index in [0.29, 0.717) is 13.1 Å². The molecule has 142 valence electrons. The first kappa shape index (κ1) is 17.6. The first-order valence-electron chi connectivity index (χ1n) is 10.1. The molecule has 0 aromatic carbocycles. The van der Waals surface area contributed by atoms with Gasteiger partial charge in [0, 0.05) is 51.3 Å². The molecule has 2 fully saturated rings. The highest BCUT2D eigenvalue weighted by Gasteiger charge is 2.29. The molecule has 3 heterocycles. The molecule has 6 nitrogen and oxygen atoms in total. The van der Waals surface area contributed by atoms with E-state index in [-0.39, 0.29) is 12.1 Å². The van der Waals surface area contributed by atoms with E-state index < -0.39 is 0 Å². The summed E-state index contributed by atoms with van der Waals surface area (Å²) >= 11 is 0. The van der Waals surface area contributed by atoms with Gasteiger partial charge < -0.3 is 19.9 Å². The van der Waals surface area contributed by atoms with Crippen molar-refractivity contribution in [3.63, 3.8) is 0 Å². The maximum absolute atomic E-state index is 12.0. The van der Waals surface area contributed by atoms with E-state index in [9.17, 15) is 4.79 Å². The fraction of sp³-hybridized carbons (Fsp3) is 0.700. The van der Waals surface area contributed by atoms with E-state index in [4.69, 9.17) is 9.72 Å². The van der Waals surface area contributed by atoms with Crippen molar-refractivity contribution in [2.75, 3.05) is 26.2 Å². The molecule has 3 aliphatic rings. The standard InChI is InChI=1S/C20H30N4O2/c1-2-21-20(25)24-13-10-18-15(14-24)6-7-19(22-18)26-17-8-11-23(12-9-17)16-4-3-5-16/h6-7,16-17H,2-5,8-14H2,1H3,(H,21,25). The van der Waals surface area contributed by atoms with Crippen LogP contribution in [0.15, 0.2) is 12.1 Å². The summed E-state index contributed by atoms with van der Waals surface area (Å²) in [4.78, 5) is 21.2. The molecule has 1 saturated carbocycles. The first-order valence-corrected chi connectivity index (χ1v) is 10.1. The highest BCUT2D eigenvalue weighted by Crippen LogP contribution is 2.29. The smallest absolute Gasteiger partial charge is 0.317 e. The van der Waals surface area contributed by atoms with Gasteiger partial charge in [0.1, 0.15) is 6.10 Å². The Hall–Kier alpha value is -1.82. The van der Waals surface area contributed by atoms with E-state index in [1.54, 1.807) is 0 Å². The number of pyridine rings is 1. The van der Waals surface area contributed by atoms with Gasteiger partial charge in [0.2, 0.25) is 5.88 Å². The molecular weight excluding hydrogens is 328 g/mol. The molecule has 1 aromatic heterocycles. The summed E-state index contributed by atoms with van der Waals surface area (Å²) in [6, 6.07) is 4.90. The van der Waals surface area contributed by atoms with Crippen molar-refractivity contribution in [3.8, 4) is 5.88 Å². The van der Waals surface area contributed by atoms with Crippen LogP contribution >= 0.6 is 0 Å². The summed E-state index contributed by atoms with van der Waals surface area (Å²) in [5, 5.41) is 2.87. The Balaban J connectivity index is 1.31. The maximum Gasteiger partial charge on any atom is 0.317 e. The summed E-state index contributed by atoms with van der Waals surface area (Å²) in [7, 11) is 0. The zero-order valence-electron chi connectivity index (χ0n) is 15.7. The van der Waals surface area contributed by atoms with E-state index >= 15 is 0 Å². The quantitative estimate of drug-likeness (QED) is 0.899. The molecule has 0 spiro atoms. The zero-order valence-corrected chi connectivity index (χ0v) is 15.7. The van der Waals surface area contributed by atoms with Gasteiger partial charge in [-0.1, -0.05) is 12.5 Å². The summed E-state index contributed by atoms with van der Waals surface area (Å²) in [5.41, 5.74) is 2.21. The van der Waals surface area contributed by atoms with Gasteiger partial charge in [-0.25, -0.2) is 9.78 Å². The lowest BCUT2D eigenvalue weighted by molar-refractivity contribution is 0.0474. The van der Waals surface area contributed by atoms with Crippen LogP contribution < -0.4 is 10.1 Å². The fourth-order valence-corrected chi connectivity index (χ4v) is 4.18. The molecule has 1 N–H and O–H groups in total. The number of likely N-dealkylation sites (tertiary alicyclic amines) is 1. The van der Waals surface area contributed by atoms with Crippen LogP contribution in [0, 0.1) is 0 Å². The second-order valence-electron chi connectivity index (χ2n) is 7.70. The minimum Gasteiger partial charge on any atom is -0.474 e. The number of nitrogens with zero attached hydrogens (tertiary/aromatic N) is 3. The molecule has 1 saturated heterocycles. The average Bonchev–Trinajstić information content (AvgIpc) is 2.61. The number of hydrogen-bond acceptors (Lipinski definition) is 4. The molecular formula is C20H30N4O2. The van der Waals surface area contributed by atoms with Crippen LogP contribution in [0.4, 0.5) is 4.79 Å². The van der Waals surface area contributed by atoms with Crippen LogP contribution in [0.3, 0.4) is 0 Å². The third-order valence-electron chi connectivity index (χ3n) is 5.99. The highest BCUT2D eigenvalue weighted by atomic mass is 16.5. The van der Waals surface area contributed by atoms with Crippen LogP contribution in [0.25, 0.3) is 0 Å². The minimum absolute atomic E-state index is 0.0108. The van der Waals surface area contributed by atoms with Gasteiger partial charge in [-0.05, 0) is 38.2 Å². The Morgan fingerprint density at radius 3 is 2.73 bits per heavy atom. The SMILES string of the molecule is CCNC(=O)N1CCc2nc(OC3CCN(C4CCC4)CC3)ccc2C1. The van der Waals surface area contributed by atoms with Crippen molar-refractivity contribution >= 4 is 6.03 Å². The van der Waals surface area contributed by atoms with Gasteiger partial charge in [-0.3, -0.25) is 0 Å². The summed E-state index contributed by atoms with van der Waals surface area (Å²) in [6.45, 7) is 6.26. The predicted molar refractivity (Wildman–Crippen MR) is 100 cm³/mol. The molecule has 0 atom stereocenters. The molecule has 6 heteroatoms. The Morgan fingerprint density at radius 2 is 2.04 bits per heavy atom. The number of urea groups is 1. The Bertz CT molecular complexity index is 639. The number of aromatic nitrogens is 1. The highest BCUT2D eigenvalue weighted by molar-refractivity contribution is 5.74. The monoisotopic (exact) mass is 358 g/mol. The number of rotatable bonds is 4. The number of nitrogens with one attached hydrogen (secondary N) is 1. The summed E-state index contributed by atoms with van der Waals surface area (Å²) in [6.07, 6.45) is 7.44. The normalized spacial score (nSPS) is 21.8. The van der Waals surface area contributed by atoms with Gasteiger partial charge in [-0.2, -0.15) is 0 Å². The fourth-order valence-electron chi connectivity index (χ4n) is 4.18. The number of carbonyl (C=O) groups is 1. The van der Waals surface area contributed by atoms with Crippen molar-refractivity contribution in [1.29, 1.82) is 0 Å². The number of hydrogen-bond donors (Lipinski definition) is 1. The third-order valence-corrected chi connectivity index (χ3v) is 5.99. The number of carbonyl (C=O) groups excluding carboxylic acids is 1. The van der Waals surface area contributed by atoms with Gasteiger partial charge >= 0.3 is 6.03 Å². The lowest BCUT2D eigenvalue weighted by atomic mass is 9.90. The molecule has 1 aliphatic carbocycles. The van der Waals surface area contributed by atoms with Crippen molar-refractivity contribution in [1.82, 2.24) is 20.1 Å². The van der Waals surface area contributed by atoms with Crippen molar-refractivity contribution < 1.29 is 9.53 Å². The topological polar surface area (TPSA) is 57.7 Å². The second-order valence-corrected chi connectivity index (χ2v) is 7.70. The third kappa shape index (κ3) is 3.80. The van der Waals surface area contributed by atoms with Crippen LogP contribution in [0.2, 0.25) is 0 Å². The van der Waals surface area contributed by atoms with Crippen molar-refractivity contribution in [2.24, 2.45) is 0 Å². The molecule has 4 rings (SSSR count). The van der Waals surface area contributed by atoms with Crippen LogP contribution in [-0.2, 0) is 13.0 Å². The van der Waals surface area contributed by atoms with E-state index in [1.165, 1.54) is 19.3 Å². The molecule has 2 aliphatic heterocycles. The molecule has 0 radical (unpaired) electrons. The lowest BCUT2D eigenvalue weighted by Crippen LogP contribution is -2.46. The predicted octanol–water partition coefficient (Wildman–Crippen LogP) is 2.56. The van der Waals surface area contributed by atoms with Gasteiger partial charge in [0.05, 0.1) is 5.69 Å². The van der Waals surface area contributed by atoms with Crippen LogP contribution in [0.1, 0.15) is 50.3 Å². The summed E-state index contributed by atoms with van der Waals surface area (Å²) < 4.78 is 6.18. The van der Waals surface area contributed by atoms with Gasteiger partial charge in [-0.15, -0.1) is 0 Å². The minimum atomic E-state index is 0.0108. The zero-order chi connectivity index (χ0) is 17.9. The maximum atomic E-state index is 12.0. The number of ether oxygens (including phenoxy) is 1. The van der Waals surface area contributed by atoms with Crippen molar-refractivity contribution in [2.45, 2.75) is 64.1 Å². The lowest BCUT2D eigenvalue weighted by Gasteiger charge is -2.41. The largest absolute Gasteiger partial charge is 0.474 e.